The summed E-state index contributed by atoms with van der Waals surface area (Å²) in [6.45, 7) is 3.47. The summed E-state index contributed by atoms with van der Waals surface area (Å²) in [7, 11) is 1.35. The Balaban J connectivity index is 0.00000218. The molecule has 2 aliphatic carbocycles. The SMILES string of the molecule is COC(=O)c1cccc(O[C@@H]2C[C@@H]3CN(C(=O)C4[C@H]5CNC[C@@H]45)C[C@@H]3C[C@H]2O)c1.Cl. The van der Waals surface area contributed by atoms with Crippen molar-refractivity contribution in [3.63, 3.8) is 0 Å². The fraction of sp³-hybridized carbons (Fsp3) is 0.636. The van der Waals surface area contributed by atoms with Gasteiger partial charge in [-0.1, -0.05) is 6.07 Å². The molecule has 1 aromatic carbocycles. The lowest BCUT2D eigenvalue weighted by molar-refractivity contribution is -0.132. The van der Waals surface area contributed by atoms with Crippen molar-refractivity contribution in [2.45, 2.75) is 25.0 Å². The van der Waals surface area contributed by atoms with Gasteiger partial charge in [0.05, 0.1) is 18.8 Å². The lowest BCUT2D eigenvalue weighted by atomic mass is 9.78. The Bertz CT molecular complexity index is 810. The number of likely N-dealkylation sites (tertiary alicyclic amines) is 1. The molecule has 1 aromatic rings. The van der Waals surface area contributed by atoms with E-state index in [9.17, 15) is 14.7 Å². The molecule has 2 saturated carbocycles. The second-order valence-electron chi connectivity index (χ2n) is 8.99. The molecule has 2 heterocycles. The van der Waals surface area contributed by atoms with Gasteiger partial charge in [-0.15, -0.1) is 12.4 Å². The predicted octanol–water partition coefficient (Wildman–Crippen LogP) is 1.34. The van der Waals surface area contributed by atoms with Gasteiger partial charge in [-0.3, -0.25) is 4.79 Å². The van der Waals surface area contributed by atoms with Gasteiger partial charge in [0.15, 0.2) is 0 Å². The largest absolute Gasteiger partial charge is 0.488 e. The number of methoxy groups -OCH3 is 1. The Labute approximate surface area is 182 Å². The molecule has 0 spiro atoms. The van der Waals surface area contributed by atoms with Crippen molar-refractivity contribution in [2.24, 2.45) is 29.6 Å². The molecular weight excluding hydrogens is 408 g/mol. The minimum absolute atomic E-state index is 0. The van der Waals surface area contributed by atoms with Gasteiger partial charge in [-0.05, 0) is 67.8 Å². The number of carbonyl (C=O) groups excluding carboxylic acids is 2. The van der Waals surface area contributed by atoms with Gasteiger partial charge in [0, 0.05) is 19.0 Å². The molecule has 2 aliphatic heterocycles. The fourth-order valence-corrected chi connectivity index (χ4v) is 5.68. The zero-order valence-electron chi connectivity index (χ0n) is 17.0. The predicted molar refractivity (Wildman–Crippen MR) is 112 cm³/mol. The van der Waals surface area contributed by atoms with Crippen molar-refractivity contribution >= 4 is 24.3 Å². The Morgan fingerprint density at radius 2 is 1.83 bits per heavy atom. The van der Waals surface area contributed by atoms with Crippen LogP contribution in [0.3, 0.4) is 0 Å². The highest BCUT2D eigenvalue weighted by molar-refractivity contribution is 5.89. The van der Waals surface area contributed by atoms with Crippen LogP contribution in [0, 0.1) is 29.6 Å². The number of aliphatic hydroxyl groups excluding tert-OH is 1. The third kappa shape index (κ3) is 3.79. The molecule has 0 bridgehead atoms. The number of hydrogen-bond donors (Lipinski definition) is 2. The zero-order valence-corrected chi connectivity index (χ0v) is 17.8. The van der Waals surface area contributed by atoms with Crippen LogP contribution in [0.2, 0.25) is 0 Å². The first-order valence-electron chi connectivity index (χ1n) is 10.6. The summed E-state index contributed by atoms with van der Waals surface area (Å²) in [4.78, 5) is 26.7. The molecule has 5 rings (SSSR count). The number of nitrogens with zero attached hydrogens (tertiary/aromatic N) is 1. The van der Waals surface area contributed by atoms with Crippen molar-refractivity contribution in [3.8, 4) is 5.75 Å². The van der Waals surface area contributed by atoms with Crippen molar-refractivity contribution in [1.29, 1.82) is 0 Å². The molecule has 7 atom stereocenters. The van der Waals surface area contributed by atoms with E-state index in [2.05, 4.69) is 5.32 Å². The van der Waals surface area contributed by atoms with Crippen LogP contribution in [0.4, 0.5) is 0 Å². The minimum atomic E-state index is -0.572. The Kier molecular flexibility index (Phi) is 5.97. The van der Waals surface area contributed by atoms with Crippen LogP contribution in [0.15, 0.2) is 24.3 Å². The van der Waals surface area contributed by atoms with Gasteiger partial charge in [-0.2, -0.15) is 0 Å². The van der Waals surface area contributed by atoms with E-state index in [1.807, 2.05) is 4.90 Å². The Hall–Kier alpha value is -1.83. The molecule has 0 radical (unpaired) electrons. The van der Waals surface area contributed by atoms with E-state index in [1.165, 1.54) is 7.11 Å². The van der Waals surface area contributed by atoms with E-state index in [4.69, 9.17) is 9.47 Å². The quantitative estimate of drug-likeness (QED) is 0.692. The monoisotopic (exact) mass is 436 g/mol. The number of benzene rings is 1. The molecule has 0 aromatic heterocycles. The summed E-state index contributed by atoms with van der Waals surface area (Å²) in [6.07, 6.45) is 0.466. The van der Waals surface area contributed by atoms with Crippen molar-refractivity contribution in [2.75, 3.05) is 33.3 Å². The van der Waals surface area contributed by atoms with E-state index in [0.717, 1.165) is 32.6 Å². The van der Waals surface area contributed by atoms with Crippen LogP contribution in [-0.2, 0) is 9.53 Å². The molecule has 30 heavy (non-hydrogen) atoms. The van der Waals surface area contributed by atoms with E-state index in [1.54, 1.807) is 24.3 Å². The average molecular weight is 437 g/mol. The lowest BCUT2D eigenvalue weighted by Gasteiger charge is -2.35. The van der Waals surface area contributed by atoms with Crippen LogP contribution in [0.5, 0.6) is 5.75 Å². The third-order valence-corrected chi connectivity index (χ3v) is 7.32. The molecule has 1 amide bonds. The summed E-state index contributed by atoms with van der Waals surface area (Å²) in [6, 6.07) is 6.86. The number of piperidine rings is 1. The highest BCUT2D eigenvalue weighted by atomic mass is 35.5. The number of carbonyl (C=O) groups is 2. The van der Waals surface area contributed by atoms with E-state index in [-0.39, 0.29) is 24.4 Å². The first-order valence-corrected chi connectivity index (χ1v) is 10.6. The summed E-state index contributed by atoms with van der Waals surface area (Å²) in [5.41, 5.74) is 0.426. The molecule has 164 valence electrons. The summed E-state index contributed by atoms with van der Waals surface area (Å²) in [5, 5.41) is 14.0. The highest BCUT2D eigenvalue weighted by Gasteiger charge is 2.59. The van der Waals surface area contributed by atoms with Crippen molar-refractivity contribution < 1.29 is 24.2 Å². The molecule has 2 N–H and O–H groups in total. The molecule has 2 saturated heterocycles. The highest BCUT2D eigenvalue weighted by Crippen LogP contribution is 2.50. The standard InChI is InChI=1S/C22H28N2O5.ClH/c1-28-22(27)12-3-2-4-15(5-12)29-19-7-14-11-24(10-13(14)6-18(19)25)21(26)20-16-8-23-9-17(16)20;/h2-5,13-14,16-20,23,25H,6-11H2,1H3;1H/t13-,14+,16-,17+,18+,19+,20?;/m0./s1. The zero-order chi connectivity index (χ0) is 20.1. The summed E-state index contributed by atoms with van der Waals surface area (Å²) in [5.74, 6) is 2.44. The fourth-order valence-electron chi connectivity index (χ4n) is 5.68. The normalized spacial score (nSPS) is 36.3. The number of hydrogen-bond acceptors (Lipinski definition) is 6. The lowest BCUT2D eigenvalue weighted by Crippen LogP contribution is -2.42. The Morgan fingerprint density at radius 1 is 1.13 bits per heavy atom. The first-order chi connectivity index (χ1) is 14.0. The van der Waals surface area contributed by atoms with Crippen molar-refractivity contribution in [3.05, 3.63) is 29.8 Å². The van der Waals surface area contributed by atoms with Gasteiger partial charge in [0.25, 0.3) is 0 Å². The van der Waals surface area contributed by atoms with Gasteiger partial charge >= 0.3 is 5.97 Å². The smallest absolute Gasteiger partial charge is 0.337 e. The van der Waals surface area contributed by atoms with Crippen LogP contribution in [0.1, 0.15) is 23.2 Å². The molecule has 4 fully saturated rings. The van der Waals surface area contributed by atoms with Crippen LogP contribution in [-0.4, -0.2) is 67.4 Å². The topological polar surface area (TPSA) is 88.1 Å². The Morgan fingerprint density at radius 3 is 2.53 bits per heavy atom. The molecule has 7 nitrogen and oxygen atoms in total. The summed E-state index contributed by atoms with van der Waals surface area (Å²) >= 11 is 0. The number of halogens is 1. The first kappa shape index (κ1) is 21.4. The maximum absolute atomic E-state index is 12.9. The van der Waals surface area contributed by atoms with Crippen LogP contribution in [0.25, 0.3) is 0 Å². The number of fused-ring (bicyclic) bond motifs is 2. The van der Waals surface area contributed by atoms with Gasteiger partial charge in [0.2, 0.25) is 5.91 Å². The molecular formula is C22H29ClN2O5. The number of ether oxygens (including phenoxy) is 2. The van der Waals surface area contributed by atoms with Gasteiger partial charge < -0.3 is 24.8 Å². The minimum Gasteiger partial charge on any atom is -0.488 e. The molecule has 4 aliphatic rings. The van der Waals surface area contributed by atoms with Gasteiger partial charge in [0.1, 0.15) is 11.9 Å². The number of nitrogens with one attached hydrogen (secondary N) is 1. The van der Waals surface area contributed by atoms with Crippen LogP contribution < -0.4 is 10.1 Å². The second kappa shape index (κ2) is 8.36. The number of amides is 1. The summed E-state index contributed by atoms with van der Waals surface area (Å²) < 4.78 is 10.8. The maximum Gasteiger partial charge on any atom is 0.337 e. The third-order valence-electron chi connectivity index (χ3n) is 7.32. The van der Waals surface area contributed by atoms with E-state index >= 15 is 0 Å². The molecule has 1 unspecified atom stereocenters. The second-order valence-corrected chi connectivity index (χ2v) is 8.99. The van der Waals surface area contributed by atoms with E-state index in [0.29, 0.717) is 47.3 Å². The van der Waals surface area contributed by atoms with Crippen LogP contribution >= 0.6 is 12.4 Å². The molecule has 8 heteroatoms. The number of esters is 1. The van der Waals surface area contributed by atoms with Crippen molar-refractivity contribution in [1.82, 2.24) is 10.2 Å². The maximum atomic E-state index is 12.9. The number of aliphatic hydroxyl groups is 1. The number of rotatable bonds is 4. The van der Waals surface area contributed by atoms with Gasteiger partial charge in [-0.25, -0.2) is 4.79 Å². The average Bonchev–Trinajstić information content (AvgIpc) is 3.05. The van der Waals surface area contributed by atoms with E-state index < -0.39 is 12.1 Å².